The van der Waals surface area contributed by atoms with Gasteiger partial charge in [0.15, 0.2) is 0 Å². The van der Waals surface area contributed by atoms with Crippen molar-refractivity contribution in [3.63, 3.8) is 0 Å². The van der Waals surface area contributed by atoms with Crippen molar-refractivity contribution in [2.24, 2.45) is 0 Å². The summed E-state index contributed by atoms with van der Waals surface area (Å²) < 4.78 is 1.80. The van der Waals surface area contributed by atoms with Crippen molar-refractivity contribution in [1.29, 1.82) is 0 Å². The minimum Gasteiger partial charge on any atom is -0.325 e. The lowest BCUT2D eigenvalue weighted by molar-refractivity contribution is -0.122. The third-order valence-corrected chi connectivity index (χ3v) is 5.52. The number of rotatable bonds is 5. The SMILES string of the molecule is O=C(Nc1ccc(-n2cccn2)cc1)[C@H]1CCCCN1Cc1ccsc1. The van der Waals surface area contributed by atoms with Crippen LogP contribution in [0.2, 0.25) is 0 Å². The van der Waals surface area contributed by atoms with E-state index in [1.165, 1.54) is 5.56 Å². The van der Waals surface area contributed by atoms with E-state index in [2.05, 4.69) is 32.1 Å². The van der Waals surface area contributed by atoms with Gasteiger partial charge in [0.25, 0.3) is 0 Å². The van der Waals surface area contributed by atoms with Crippen LogP contribution in [0, 0.1) is 0 Å². The van der Waals surface area contributed by atoms with Crippen LogP contribution >= 0.6 is 11.3 Å². The normalized spacial score (nSPS) is 17.9. The molecule has 0 aliphatic carbocycles. The number of aromatic nitrogens is 2. The number of nitrogens with one attached hydrogen (secondary N) is 1. The minimum atomic E-state index is -0.0607. The Kier molecular flexibility index (Phi) is 5.13. The lowest BCUT2D eigenvalue weighted by Crippen LogP contribution is -2.46. The first-order valence-electron chi connectivity index (χ1n) is 8.96. The maximum atomic E-state index is 12.9. The number of carbonyl (C=O) groups is 1. The third-order valence-electron chi connectivity index (χ3n) is 4.79. The average molecular weight is 366 g/mol. The van der Waals surface area contributed by atoms with Gasteiger partial charge in [-0.1, -0.05) is 6.42 Å². The van der Waals surface area contributed by atoms with E-state index in [4.69, 9.17) is 0 Å². The fourth-order valence-electron chi connectivity index (χ4n) is 3.44. The van der Waals surface area contributed by atoms with Gasteiger partial charge in [-0.25, -0.2) is 4.68 Å². The summed E-state index contributed by atoms with van der Waals surface area (Å²) in [6.07, 6.45) is 6.84. The molecule has 5 nitrogen and oxygen atoms in total. The van der Waals surface area contributed by atoms with Gasteiger partial charge >= 0.3 is 0 Å². The molecular weight excluding hydrogens is 344 g/mol. The van der Waals surface area contributed by atoms with Gasteiger partial charge in [0.05, 0.1) is 11.7 Å². The molecule has 1 aliphatic rings. The van der Waals surface area contributed by atoms with E-state index in [-0.39, 0.29) is 11.9 Å². The highest BCUT2D eigenvalue weighted by Gasteiger charge is 2.28. The van der Waals surface area contributed by atoms with Crippen molar-refractivity contribution in [3.05, 3.63) is 65.1 Å². The fraction of sp³-hybridized carbons (Fsp3) is 0.300. The zero-order valence-electron chi connectivity index (χ0n) is 14.5. The van der Waals surface area contributed by atoms with Crippen LogP contribution < -0.4 is 5.32 Å². The van der Waals surface area contributed by atoms with E-state index in [1.807, 2.05) is 36.5 Å². The smallest absolute Gasteiger partial charge is 0.241 e. The summed E-state index contributed by atoms with van der Waals surface area (Å²) >= 11 is 1.71. The molecule has 0 radical (unpaired) electrons. The molecule has 2 aromatic heterocycles. The fourth-order valence-corrected chi connectivity index (χ4v) is 4.10. The number of piperidine rings is 1. The van der Waals surface area contributed by atoms with Crippen LogP contribution in [0.3, 0.4) is 0 Å². The first-order valence-corrected chi connectivity index (χ1v) is 9.90. The van der Waals surface area contributed by atoms with Crippen molar-refractivity contribution in [2.75, 3.05) is 11.9 Å². The lowest BCUT2D eigenvalue weighted by atomic mass is 10.0. The minimum absolute atomic E-state index is 0.0607. The summed E-state index contributed by atoms with van der Waals surface area (Å²) in [4.78, 5) is 15.2. The summed E-state index contributed by atoms with van der Waals surface area (Å²) in [6, 6.07) is 11.8. The number of likely N-dealkylation sites (tertiary alicyclic amines) is 1. The standard InChI is InChI=1S/C20H22N4OS/c25-20(19-4-1-2-11-23(19)14-16-9-13-26-15-16)22-17-5-7-18(8-6-17)24-12-3-10-21-24/h3,5-10,12-13,15,19H,1-2,4,11,14H2,(H,22,25)/t19-/m1/s1. The van der Waals surface area contributed by atoms with E-state index in [0.717, 1.165) is 43.7 Å². The highest BCUT2D eigenvalue weighted by Crippen LogP contribution is 2.22. The Balaban J connectivity index is 1.42. The van der Waals surface area contributed by atoms with Crippen LogP contribution in [0.25, 0.3) is 5.69 Å². The highest BCUT2D eigenvalue weighted by atomic mass is 32.1. The predicted molar refractivity (Wildman–Crippen MR) is 105 cm³/mol. The summed E-state index contributed by atoms with van der Waals surface area (Å²) in [7, 11) is 0. The summed E-state index contributed by atoms with van der Waals surface area (Å²) in [5, 5.41) is 11.6. The maximum absolute atomic E-state index is 12.9. The van der Waals surface area contributed by atoms with Gasteiger partial charge in [0, 0.05) is 24.6 Å². The molecule has 1 fully saturated rings. The van der Waals surface area contributed by atoms with Crippen molar-refractivity contribution in [1.82, 2.24) is 14.7 Å². The zero-order chi connectivity index (χ0) is 17.8. The Bertz CT molecular complexity index is 827. The molecule has 3 aromatic rings. The third kappa shape index (κ3) is 3.86. The molecule has 3 heterocycles. The Hall–Kier alpha value is -2.44. The van der Waals surface area contributed by atoms with Gasteiger partial charge in [0.1, 0.15) is 0 Å². The molecule has 1 aromatic carbocycles. The van der Waals surface area contributed by atoms with E-state index < -0.39 is 0 Å². The van der Waals surface area contributed by atoms with Crippen LogP contribution in [0.15, 0.2) is 59.6 Å². The zero-order valence-corrected chi connectivity index (χ0v) is 15.4. The topological polar surface area (TPSA) is 50.2 Å². The second-order valence-corrected chi connectivity index (χ2v) is 7.38. The van der Waals surface area contributed by atoms with Gasteiger partial charge < -0.3 is 5.32 Å². The molecule has 26 heavy (non-hydrogen) atoms. The Morgan fingerprint density at radius 1 is 1.23 bits per heavy atom. The molecule has 0 saturated carbocycles. The van der Waals surface area contributed by atoms with Crippen LogP contribution in [0.4, 0.5) is 5.69 Å². The van der Waals surface area contributed by atoms with Crippen molar-refractivity contribution in [2.45, 2.75) is 31.8 Å². The second kappa shape index (κ2) is 7.85. The monoisotopic (exact) mass is 366 g/mol. The molecular formula is C20H22N4OS. The largest absolute Gasteiger partial charge is 0.325 e. The Morgan fingerprint density at radius 3 is 2.85 bits per heavy atom. The number of hydrogen-bond acceptors (Lipinski definition) is 4. The number of nitrogens with zero attached hydrogens (tertiary/aromatic N) is 3. The van der Waals surface area contributed by atoms with E-state index in [0.29, 0.717) is 0 Å². The van der Waals surface area contributed by atoms with E-state index in [9.17, 15) is 4.79 Å². The molecule has 6 heteroatoms. The number of benzene rings is 1. The highest BCUT2D eigenvalue weighted by molar-refractivity contribution is 7.07. The van der Waals surface area contributed by atoms with Crippen LogP contribution in [-0.4, -0.2) is 33.2 Å². The molecule has 0 bridgehead atoms. The molecule has 4 rings (SSSR count). The van der Waals surface area contributed by atoms with E-state index in [1.54, 1.807) is 22.2 Å². The molecule has 1 saturated heterocycles. The predicted octanol–water partition coefficient (Wildman–Crippen LogP) is 3.93. The lowest BCUT2D eigenvalue weighted by Gasteiger charge is -2.34. The average Bonchev–Trinajstić information content (AvgIpc) is 3.37. The molecule has 1 N–H and O–H groups in total. The van der Waals surface area contributed by atoms with Crippen molar-refractivity contribution in [3.8, 4) is 5.69 Å². The summed E-state index contributed by atoms with van der Waals surface area (Å²) in [5.41, 5.74) is 3.09. The number of carbonyl (C=O) groups excluding carboxylic acids is 1. The molecule has 0 unspecified atom stereocenters. The maximum Gasteiger partial charge on any atom is 0.241 e. The Labute approximate surface area is 157 Å². The second-order valence-electron chi connectivity index (χ2n) is 6.60. The number of thiophene rings is 1. The quantitative estimate of drug-likeness (QED) is 0.744. The van der Waals surface area contributed by atoms with Gasteiger partial charge in [-0.15, -0.1) is 0 Å². The molecule has 1 atom stereocenters. The van der Waals surface area contributed by atoms with Crippen molar-refractivity contribution < 1.29 is 4.79 Å². The molecule has 0 spiro atoms. The molecule has 1 amide bonds. The number of hydrogen-bond donors (Lipinski definition) is 1. The number of anilines is 1. The summed E-state index contributed by atoms with van der Waals surface area (Å²) in [5.74, 6) is 0.0896. The van der Waals surface area contributed by atoms with Crippen LogP contribution in [-0.2, 0) is 11.3 Å². The molecule has 1 aliphatic heterocycles. The van der Waals surface area contributed by atoms with E-state index >= 15 is 0 Å². The van der Waals surface area contributed by atoms with Gasteiger partial charge in [0.2, 0.25) is 5.91 Å². The van der Waals surface area contributed by atoms with Gasteiger partial charge in [-0.3, -0.25) is 9.69 Å². The first-order chi connectivity index (χ1) is 12.8. The summed E-state index contributed by atoms with van der Waals surface area (Å²) in [6.45, 7) is 1.83. The van der Waals surface area contributed by atoms with Gasteiger partial charge in [-0.2, -0.15) is 16.4 Å². The van der Waals surface area contributed by atoms with Crippen LogP contribution in [0.1, 0.15) is 24.8 Å². The molecule has 134 valence electrons. The number of amides is 1. The van der Waals surface area contributed by atoms with Crippen molar-refractivity contribution >= 4 is 22.9 Å². The van der Waals surface area contributed by atoms with Gasteiger partial charge in [-0.05, 0) is 72.1 Å². The Morgan fingerprint density at radius 2 is 2.12 bits per heavy atom. The first kappa shape index (κ1) is 17.0. The van der Waals surface area contributed by atoms with Crippen LogP contribution in [0.5, 0.6) is 0 Å².